The van der Waals surface area contributed by atoms with E-state index in [4.69, 9.17) is 0 Å². The zero-order chi connectivity index (χ0) is 16.4. The lowest BCUT2D eigenvalue weighted by Crippen LogP contribution is -2.42. The Balaban J connectivity index is 1.75. The molecule has 3 nitrogen and oxygen atoms in total. The van der Waals surface area contributed by atoms with Crippen LogP contribution in [-0.2, 0) is 11.2 Å². The minimum atomic E-state index is -0.773. The molecule has 3 rings (SSSR count). The van der Waals surface area contributed by atoms with E-state index in [0.29, 0.717) is 0 Å². The second-order valence-electron chi connectivity index (χ2n) is 5.82. The third-order valence-corrected chi connectivity index (χ3v) is 4.18. The molecule has 1 N–H and O–H groups in total. The van der Waals surface area contributed by atoms with Crippen molar-refractivity contribution in [1.29, 1.82) is 0 Å². The molecule has 5 heteroatoms. The van der Waals surface area contributed by atoms with E-state index in [1.165, 1.54) is 11.6 Å². The molecule has 120 valence electrons. The summed E-state index contributed by atoms with van der Waals surface area (Å²) in [5.74, 6) is -1.76. The van der Waals surface area contributed by atoms with E-state index in [1.54, 1.807) is 0 Å². The Morgan fingerprint density at radius 1 is 1.26 bits per heavy atom. The van der Waals surface area contributed by atoms with Gasteiger partial charge in [-0.3, -0.25) is 4.79 Å². The van der Waals surface area contributed by atoms with Crippen LogP contribution in [0, 0.1) is 11.6 Å². The number of hydrogen-bond acceptors (Lipinski definition) is 2. The minimum Gasteiger partial charge on any atom is -0.359 e. The SMILES string of the molecule is C[C@H]1CCc2ccccc2N1CC(=O)Nc1ccc(F)cc1F. The van der Waals surface area contributed by atoms with Crippen molar-refractivity contribution in [1.82, 2.24) is 0 Å². The summed E-state index contributed by atoms with van der Waals surface area (Å²) in [4.78, 5) is 14.3. The van der Waals surface area contributed by atoms with Crippen LogP contribution in [0.2, 0.25) is 0 Å². The number of anilines is 2. The summed E-state index contributed by atoms with van der Waals surface area (Å²) in [6, 6.07) is 11.3. The molecule has 0 aromatic heterocycles. The number of para-hydroxylation sites is 1. The Morgan fingerprint density at radius 3 is 2.83 bits per heavy atom. The maximum Gasteiger partial charge on any atom is 0.243 e. The Bertz CT molecular complexity index is 733. The van der Waals surface area contributed by atoms with Gasteiger partial charge in [0.1, 0.15) is 11.6 Å². The average Bonchev–Trinajstić information content (AvgIpc) is 2.53. The number of rotatable bonds is 3. The third kappa shape index (κ3) is 3.33. The molecule has 23 heavy (non-hydrogen) atoms. The van der Waals surface area contributed by atoms with E-state index < -0.39 is 11.6 Å². The molecule has 0 spiro atoms. The molecule has 0 bridgehead atoms. The van der Waals surface area contributed by atoms with E-state index in [0.717, 1.165) is 30.7 Å². The highest BCUT2D eigenvalue weighted by Gasteiger charge is 2.24. The van der Waals surface area contributed by atoms with E-state index in [9.17, 15) is 13.6 Å². The van der Waals surface area contributed by atoms with Crippen molar-refractivity contribution in [2.45, 2.75) is 25.8 Å². The van der Waals surface area contributed by atoms with Gasteiger partial charge in [-0.2, -0.15) is 0 Å². The second kappa shape index (κ2) is 6.36. The number of nitrogens with one attached hydrogen (secondary N) is 1. The minimum absolute atomic E-state index is 0.00523. The molecular formula is C18H18F2N2O. The van der Waals surface area contributed by atoms with Crippen molar-refractivity contribution in [3.63, 3.8) is 0 Å². The van der Waals surface area contributed by atoms with Gasteiger partial charge < -0.3 is 10.2 Å². The van der Waals surface area contributed by atoms with Crippen LogP contribution < -0.4 is 10.2 Å². The summed E-state index contributed by atoms with van der Waals surface area (Å²) in [7, 11) is 0. The van der Waals surface area contributed by atoms with Crippen molar-refractivity contribution in [2.24, 2.45) is 0 Å². The fourth-order valence-electron chi connectivity index (χ4n) is 2.94. The number of aryl methyl sites for hydroxylation is 1. The Labute approximate surface area is 133 Å². The number of amides is 1. The molecule has 0 aliphatic carbocycles. The first kappa shape index (κ1) is 15.5. The van der Waals surface area contributed by atoms with Gasteiger partial charge in [-0.15, -0.1) is 0 Å². The van der Waals surface area contributed by atoms with Crippen LogP contribution in [0.4, 0.5) is 20.2 Å². The third-order valence-electron chi connectivity index (χ3n) is 4.18. The first-order valence-corrected chi connectivity index (χ1v) is 7.64. The van der Waals surface area contributed by atoms with Crippen molar-refractivity contribution < 1.29 is 13.6 Å². The molecule has 0 saturated carbocycles. The summed E-state index contributed by atoms with van der Waals surface area (Å²) in [6.45, 7) is 2.21. The number of fused-ring (bicyclic) bond motifs is 1. The number of nitrogens with zero attached hydrogens (tertiary/aromatic N) is 1. The van der Waals surface area contributed by atoms with E-state index in [-0.39, 0.29) is 24.2 Å². The van der Waals surface area contributed by atoms with Crippen LogP contribution >= 0.6 is 0 Å². The normalized spacial score (nSPS) is 16.8. The summed E-state index contributed by atoms with van der Waals surface area (Å²) in [6.07, 6.45) is 1.96. The second-order valence-corrected chi connectivity index (χ2v) is 5.82. The van der Waals surface area contributed by atoms with Gasteiger partial charge in [-0.05, 0) is 43.5 Å². The van der Waals surface area contributed by atoms with Gasteiger partial charge in [0.05, 0.1) is 12.2 Å². The van der Waals surface area contributed by atoms with Gasteiger partial charge in [-0.25, -0.2) is 8.78 Å². The highest BCUT2D eigenvalue weighted by molar-refractivity contribution is 5.94. The maximum absolute atomic E-state index is 13.6. The highest BCUT2D eigenvalue weighted by Crippen LogP contribution is 2.30. The lowest BCUT2D eigenvalue weighted by atomic mass is 9.96. The number of halogens is 2. The monoisotopic (exact) mass is 316 g/mol. The standard InChI is InChI=1S/C18H18F2N2O/c1-12-6-7-13-4-2-3-5-17(13)22(12)11-18(23)21-16-9-8-14(19)10-15(16)20/h2-5,8-10,12H,6-7,11H2,1H3,(H,21,23)/t12-/m0/s1. The lowest BCUT2D eigenvalue weighted by Gasteiger charge is -2.36. The number of carbonyl (C=O) groups is 1. The molecule has 0 fully saturated rings. The smallest absolute Gasteiger partial charge is 0.243 e. The Kier molecular flexibility index (Phi) is 4.28. The molecule has 1 heterocycles. The van der Waals surface area contributed by atoms with Crippen LogP contribution in [0.3, 0.4) is 0 Å². The fraction of sp³-hybridized carbons (Fsp3) is 0.278. The van der Waals surface area contributed by atoms with Gasteiger partial charge >= 0.3 is 0 Å². The fourth-order valence-corrected chi connectivity index (χ4v) is 2.94. The van der Waals surface area contributed by atoms with E-state index in [2.05, 4.69) is 18.3 Å². The molecule has 1 aliphatic rings. The van der Waals surface area contributed by atoms with Crippen LogP contribution in [-0.4, -0.2) is 18.5 Å². The van der Waals surface area contributed by atoms with Crippen molar-refractivity contribution in [3.8, 4) is 0 Å². The zero-order valence-corrected chi connectivity index (χ0v) is 12.9. The zero-order valence-electron chi connectivity index (χ0n) is 12.9. The van der Waals surface area contributed by atoms with Crippen molar-refractivity contribution in [2.75, 3.05) is 16.8 Å². The number of hydrogen-bond donors (Lipinski definition) is 1. The van der Waals surface area contributed by atoms with Gasteiger partial charge in [0.2, 0.25) is 5.91 Å². The number of carbonyl (C=O) groups excluding carboxylic acids is 1. The molecule has 0 unspecified atom stereocenters. The predicted molar refractivity (Wildman–Crippen MR) is 86.6 cm³/mol. The molecule has 2 aromatic carbocycles. The molecule has 0 radical (unpaired) electrons. The van der Waals surface area contributed by atoms with E-state index in [1.807, 2.05) is 23.1 Å². The summed E-state index contributed by atoms with van der Waals surface area (Å²) in [5.41, 5.74) is 2.25. The van der Waals surface area contributed by atoms with Crippen LogP contribution in [0.1, 0.15) is 18.9 Å². The van der Waals surface area contributed by atoms with Gasteiger partial charge in [0.25, 0.3) is 0 Å². The average molecular weight is 316 g/mol. The molecule has 0 saturated heterocycles. The predicted octanol–water partition coefficient (Wildman–Crippen LogP) is 3.74. The van der Waals surface area contributed by atoms with E-state index >= 15 is 0 Å². The van der Waals surface area contributed by atoms with Crippen molar-refractivity contribution >= 4 is 17.3 Å². The summed E-state index contributed by atoms with van der Waals surface area (Å²) >= 11 is 0. The van der Waals surface area contributed by atoms with Crippen LogP contribution in [0.25, 0.3) is 0 Å². The maximum atomic E-state index is 13.6. The topological polar surface area (TPSA) is 32.3 Å². The van der Waals surface area contributed by atoms with Gasteiger partial charge in [-0.1, -0.05) is 18.2 Å². The van der Waals surface area contributed by atoms with Gasteiger partial charge in [0, 0.05) is 17.8 Å². The molecular weight excluding hydrogens is 298 g/mol. The molecule has 1 atom stereocenters. The number of benzene rings is 2. The Morgan fingerprint density at radius 2 is 2.04 bits per heavy atom. The van der Waals surface area contributed by atoms with Crippen LogP contribution in [0.15, 0.2) is 42.5 Å². The molecule has 1 aliphatic heterocycles. The van der Waals surface area contributed by atoms with Crippen LogP contribution in [0.5, 0.6) is 0 Å². The van der Waals surface area contributed by atoms with Gasteiger partial charge in [0.15, 0.2) is 0 Å². The first-order chi connectivity index (χ1) is 11.0. The summed E-state index contributed by atoms with van der Waals surface area (Å²) in [5, 5.41) is 2.51. The molecule has 1 amide bonds. The molecule has 2 aromatic rings. The first-order valence-electron chi connectivity index (χ1n) is 7.64. The largest absolute Gasteiger partial charge is 0.359 e. The summed E-state index contributed by atoms with van der Waals surface area (Å²) < 4.78 is 26.6. The van der Waals surface area contributed by atoms with Crippen molar-refractivity contribution in [3.05, 3.63) is 59.7 Å². The highest BCUT2D eigenvalue weighted by atomic mass is 19.1. The Hall–Kier alpha value is -2.43. The lowest BCUT2D eigenvalue weighted by molar-refractivity contribution is -0.115. The quantitative estimate of drug-likeness (QED) is 0.935.